The molecule has 1 aromatic carbocycles. The summed E-state index contributed by atoms with van der Waals surface area (Å²) in [4.78, 5) is 7.00. The fourth-order valence-corrected chi connectivity index (χ4v) is 2.96. The van der Waals surface area contributed by atoms with Gasteiger partial charge in [-0.15, -0.1) is 24.0 Å². The first-order chi connectivity index (χ1) is 10.7. The molecule has 0 amide bonds. The predicted molar refractivity (Wildman–Crippen MR) is 107 cm³/mol. The number of hydrogen-bond acceptors (Lipinski definition) is 2. The van der Waals surface area contributed by atoms with Gasteiger partial charge in [-0.3, -0.25) is 4.90 Å². The van der Waals surface area contributed by atoms with Gasteiger partial charge in [0, 0.05) is 12.6 Å². The Morgan fingerprint density at radius 3 is 2.61 bits per heavy atom. The second kappa shape index (κ2) is 8.87. The molecule has 23 heavy (non-hydrogen) atoms. The fourth-order valence-electron chi connectivity index (χ4n) is 2.96. The number of likely N-dealkylation sites (tertiary alicyclic amines) is 1. The number of hydrogen-bond donors (Lipinski definition) is 2. The van der Waals surface area contributed by atoms with Crippen molar-refractivity contribution in [2.45, 2.75) is 51.7 Å². The molecule has 0 radical (unpaired) electrons. The van der Waals surface area contributed by atoms with Gasteiger partial charge >= 0.3 is 0 Å². The van der Waals surface area contributed by atoms with Crippen molar-refractivity contribution in [1.29, 1.82) is 0 Å². The molecule has 3 rings (SSSR count). The molecular formula is C18H29IN4. The molecule has 1 aliphatic heterocycles. The molecule has 1 heterocycles. The maximum Gasteiger partial charge on any atom is 0.189 e. The fraction of sp³-hybridized carbons (Fsp3) is 0.611. The molecule has 128 valence electrons. The molecule has 1 saturated carbocycles. The first-order valence-electron chi connectivity index (χ1n) is 8.55. The molecule has 2 aliphatic rings. The van der Waals surface area contributed by atoms with Gasteiger partial charge in [-0.1, -0.05) is 31.2 Å². The lowest BCUT2D eigenvalue weighted by molar-refractivity contribution is 0.185. The SMILES string of the molecule is CC1CCN(Cc2cccc(CN=C(N)NC3CC3)c2)CC1.I. The first kappa shape index (κ1) is 18.5. The molecular weight excluding hydrogens is 399 g/mol. The molecule has 1 aliphatic carbocycles. The number of nitrogens with one attached hydrogen (secondary N) is 1. The minimum absolute atomic E-state index is 0. The van der Waals surface area contributed by atoms with E-state index in [1.807, 2.05) is 0 Å². The molecule has 0 atom stereocenters. The van der Waals surface area contributed by atoms with Gasteiger partial charge in [0.15, 0.2) is 5.96 Å². The summed E-state index contributed by atoms with van der Waals surface area (Å²) in [7, 11) is 0. The smallest absolute Gasteiger partial charge is 0.189 e. The Bertz CT molecular complexity index is 520. The van der Waals surface area contributed by atoms with Crippen LogP contribution in [-0.4, -0.2) is 30.0 Å². The molecule has 0 bridgehead atoms. The first-order valence-corrected chi connectivity index (χ1v) is 8.55. The summed E-state index contributed by atoms with van der Waals surface area (Å²) in [6, 6.07) is 9.33. The Labute approximate surface area is 156 Å². The van der Waals surface area contributed by atoms with Crippen LogP contribution in [0.15, 0.2) is 29.3 Å². The number of nitrogens with zero attached hydrogens (tertiary/aromatic N) is 2. The average Bonchev–Trinajstić information content (AvgIpc) is 3.32. The summed E-state index contributed by atoms with van der Waals surface area (Å²) in [5.74, 6) is 1.47. The Kier molecular flexibility index (Phi) is 7.14. The van der Waals surface area contributed by atoms with Gasteiger partial charge in [-0.05, 0) is 55.8 Å². The molecule has 0 aromatic heterocycles. The van der Waals surface area contributed by atoms with E-state index in [0.29, 0.717) is 18.5 Å². The molecule has 0 spiro atoms. The van der Waals surface area contributed by atoms with E-state index >= 15 is 0 Å². The summed E-state index contributed by atoms with van der Waals surface area (Å²) in [6.07, 6.45) is 5.10. The lowest BCUT2D eigenvalue weighted by Crippen LogP contribution is -2.33. The Morgan fingerprint density at radius 2 is 1.91 bits per heavy atom. The Morgan fingerprint density at radius 1 is 1.22 bits per heavy atom. The van der Waals surface area contributed by atoms with Gasteiger partial charge < -0.3 is 11.1 Å². The van der Waals surface area contributed by atoms with Crippen LogP contribution in [0.1, 0.15) is 43.7 Å². The molecule has 3 N–H and O–H groups in total. The average molecular weight is 428 g/mol. The summed E-state index contributed by atoms with van der Waals surface area (Å²) in [5, 5.41) is 3.23. The number of piperidine rings is 1. The van der Waals surface area contributed by atoms with E-state index < -0.39 is 0 Å². The van der Waals surface area contributed by atoms with Crippen LogP contribution in [-0.2, 0) is 13.1 Å². The topological polar surface area (TPSA) is 53.6 Å². The van der Waals surface area contributed by atoms with Gasteiger partial charge in [0.1, 0.15) is 0 Å². The zero-order valence-electron chi connectivity index (χ0n) is 14.0. The van der Waals surface area contributed by atoms with E-state index in [-0.39, 0.29) is 24.0 Å². The van der Waals surface area contributed by atoms with Crippen molar-refractivity contribution < 1.29 is 0 Å². The molecule has 4 nitrogen and oxygen atoms in total. The van der Waals surface area contributed by atoms with Gasteiger partial charge in [0.2, 0.25) is 0 Å². The van der Waals surface area contributed by atoms with Gasteiger partial charge in [-0.25, -0.2) is 4.99 Å². The van der Waals surface area contributed by atoms with Crippen molar-refractivity contribution in [1.82, 2.24) is 10.2 Å². The number of halogens is 1. The number of aliphatic imine (C=N–C) groups is 1. The summed E-state index contributed by atoms with van der Waals surface area (Å²) in [6.45, 7) is 6.52. The highest BCUT2D eigenvalue weighted by molar-refractivity contribution is 14.0. The minimum atomic E-state index is 0. The van der Waals surface area contributed by atoms with Crippen LogP contribution >= 0.6 is 24.0 Å². The van der Waals surface area contributed by atoms with E-state index in [9.17, 15) is 0 Å². The van der Waals surface area contributed by atoms with Crippen molar-refractivity contribution in [2.75, 3.05) is 13.1 Å². The molecule has 5 heteroatoms. The number of rotatable bonds is 5. The lowest BCUT2D eigenvalue weighted by atomic mass is 9.98. The minimum Gasteiger partial charge on any atom is -0.370 e. The zero-order chi connectivity index (χ0) is 15.4. The maximum absolute atomic E-state index is 5.89. The van der Waals surface area contributed by atoms with E-state index in [1.165, 1.54) is 49.9 Å². The van der Waals surface area contributed by atoms with Crippen LogP contribution in [0.2, 0.25) is 0 Å². The zero-order valence-corrected chi connectivity index (χ0v) is 16.3. The van der Waals surface area contributed by atoms with Crippen molar-refractivity contribution >= 4 is 29.9 Å². The van der Waals surface area contributed by atoms with Crippen LogP contribution in [0, 0.1) is 5.92 Å². The van der Waals surface area contributed by atoms with Gasteiger partial charge in [-0.2, -0.15) is 0 Å². The van der Waals surface area contributed by atoms with Gasteiger partial charge in [0.25, 0.3) is 0 Å². The predicted octanol–water partition coefficient (Wildman–Crippen LogP) is 3.10. The summed E-state index contributed by atoms with van der Waals surface area (Å²) < 4.78 is 0. The van der Waals surface area contributed by atoms with Crippen LogP contribution in [0.5, 0.6) is 0 Å². The summed E-state index contributed by atoms with van der Waals surface area (Å²) in [5.41, 5.74) is 8.52. The largest absolute Gasteiger partial charge is 0.370 e. The van der Waals surface area contributed by atoms with Crippen molar-refractivity contribution in [3.8, 4) is 0 Å². The second-order valence-corrected chi connectivity index (χ2v) is 6.90. The number of benzene rings is 1. The highest BCUT2D eigenvalue weighted by Gasteiger charge is 2.21. The maximum atomic E-state index is 5.89. The molecule has 1 saturated heterocycles. The van der Waals surface area contributed by atoms with Crippen LogP contribution < -0.4 is 11.1 Å². The summed E-state index contributed by atoms with van der Waals surface area (Å²) >= 11 is 0. The lowest BCUT2D eigenvalue weighted by Gasteiger charge is -2.30. The van der Waals surface area contributed by atoms with Crippen molar-refractivity contribution in [3.63, 3.8) is 0 Å². The molecule has 0 unspecified atom stereocenters. The molecule has 1 aromatic rings. The van der Waals surface area contributed by atoms with Crippen molar-refractivity contribution in [2.24, 2.45) is 16.6 Å². The standard InChI is InChI=1S/C18H28N4.HI/c1-14-7-9-22(10-8-14)13-16-4-2-3-15(11-16)12-20-18(19)21-17-5-6-17;/h2-4,11,14,17H,5-10,12-13H2,1H3,(H3,19,20,21);1H. The van der Waals surface area contributed by atoms with E-state index in [4.69, 9.17) is 5.73 Å². The highest BCUT2D eigenvalue weighted by Crippen LogP contribution is 2.19. The third-order valence-electron chi connectivity index (χ3n) is 4.64. The second-order valence-electron chi connectivity index (χ2n) is 6.90. The van der Waals surface area contributed by atoms with E-state index in [1.54, 1.807) is 0 Å². The quantitative estimate of drug-likeness (QED) is 0.431. The van der Waals surface area contributed by atoms with Crippen molar-refractivity contribution in [3.05, 3.63) is 35.4 Å². The van der Waals surface area contributed by atoms with Crippen LogP contribution in [0.25, 0.3) is 0 Å². The third-order valence-corrected chi connectivity index (χ3v) is 4.64. The third kappa shape index (κ3) is 6.30. The normalized spacial score (nSPS) is 20.1. The van der Waals surface area contributed by atoms with Crippen LogP contribution in [0.3, 0.4) is 0 Å². The Hall–Kier alpha value is -0.820. The highest BCUT2D eigenvalue weighted by atomic mass is 127. The monoisotopic (exact) mass is 428 g/mol. The van der Waals surface area contributed by atoms with E-state index in [2.05, 4.69) is 46.4 Å². The Balaban J connectivity index is 0.00000192. The number of nitrogens with two attached hydrogens (primary N) is 1. The van der Waals surface area contributed by atoms with Gasteiger partial charge in [0.05, 0.1) is 6.54 Å². The number of guanidine groups is 1. The molecule has 2 fully saturated rings. The van der Waals surface area contributed by atoms with E-state index in [0.717, 1.165) is 12.5 Å². The van der Waals surface area contributed by atoms with Crippen LogP contribution in [0.4, 0.5) is 0 Å².